The quantitative estimate of drug-likeness (QED) is 0.620. The Morgan fingerprint density at radius 1 is 1.19 bits per heavy atom. The fraction of sp³-hybridized carbons (Fsp3) is 0.550. The maximum atomic E-state index is 13.2. The Bertz CT molecular complexity index is 898. The Morgan fingerprint density at radius 2 is 1.91 bits per heavy atom. The molecule has 0 aliphatic carbocycles. The SMILES string of the molecule is CNC(=O)C1CCN(C(=O)O)CC1N1CCCC(Nc2cc(Cl)cc(C(F)(F)F)c2)C1=O. The predicted molar refractivity (Wildman–Crippen MR) is 110 cm³/mol. The van der Waals surface area contributed by atoms with Crippen molar-refractivity contribution < 1.29 is 32.7 Å². The number of anilines is 1. The molecule has 3 unspecified atom stereocenters. The van der Waals surface area contributed by atoms with Crippen LogP contribution in [0.15, 0.2) is 18.2 Å². The van der Waals surface area contributed by atoms with Gasteiger partial charge in [0.1, 0.15) is 6.04 Å². The van der Waals surface area contributed by atoms with E-state index < -0.39 is 41.7 Å². The highest BCUT2D eigenvalue weighted by molar-refractivity contribution is 6.31. The van der Waals surface area contributed by atoms with Crippen molar-refractivity contribution in [1.29, 1.82) is 0 Å². The van der Waals surface area contributed by atoms with Crippen LogP contribution in [0.5, 0.6) is 0 Å². The summed E-state index contributed by atoms with van der Waals surface area (Å²) >= 11 is 5.84. The van der Waals surface area contributed by atoms with E-state index in [4.69, 9.17) is 11.6 Å². The molecule has 32 heavy (non-hydrogen) atoms. The van der Waals surface area contributed by atoms with Crippen molar-refractivity contribution in [3.63, 3.8) is 0 Å². The zero-order valence-electron chi connectivity index (χ0n) is 17.3. The maximum absolute atomic E-state index is 13.2. The van der Waals surface area contributed by atoms with Crippen LogP contribution in [0.25, 0.3) is 0 Å². The predicted octanol–water partition coefficient (Wildman–Crippen LogP) is 2.88. The van der Waals surface area contributed by atoms with Crippen LogP contribution in [0.4, 0.5) is 23.7 Å². The van der Waals surface area contributed by atoms with Crippen molar-refractivity contribution in [2.75, 3.05) is 32.0 Å². The first-order valence-corrected chi connectivity index (χ1v) is 10.5. The van der Waals surface area contributed by atoms with Crippen LogP contribution in [-0.2, 0) is 15.8 Å². The van der Waals surface area contributed by atoms with E-state index in [1.165, 1.54) is 22.9 Å². The van der Waals surface area contributed by atoms with Gasteiger partial charge in [0.05, 0.1) is 17.5 Å². The van der Waals surface area contributed by atoms with Crippen LogP contribution >= 0.6 is 11.6 Å². The molecule has 3 amide bonds. The number of nitrogens with zero attached hydrogens (tertiary/aromatic N) is 2. The molecular formula is C20H24ClF3N4O4. The standard InChI is InChI=1S/C20H24ClF3N4O4/c1-25-17(29)14-4-6-27(19(31)32)10-16(14)28-5-2-3-15(18(28)30)26-13-8-11(20(22,23)24)7-12(21)9-13/h7-9,14-16,26H,2-6,10H2,1H3,(H,25,29)(H,31,32). The van der Waals surface area contributed by atoms with Crippen molar-refractivity contribution >= 4 is 35.2 Å². The third kappa shape index (κ3) is 5.20. The lowest BCUT2D eigenvalue weighted by Gasteiger charge is -2.45. The van der Waals surface area contributed by atoms with E-state index in [2.05, 4.69) is 10.6 Å². The first-order chi connectivity index (χ1) is 15.0. The highest BCUT2D eigenvalue weighted by Crippen LogP contribution is 2.34. The zero-order valence-corrected chi connectivity index (χ0v) is 18.0. The Balaban J connectivity index is 1.82. The van der Waals surface area contributed by atoms with E-state index in [-0.39, 0.29) is 36.1 Å². The molecule has 3 rings (SSSR count). The molecular weight excluding hydrogens is 453 g/mol. The highest BCUT2D eigenvalue weighted by Gasteiger charge is 2.43. The van der Waals surface area contributed by atoms with Gasteiger partial charge in [0.2, 0.25) is 11.8 Å². The van der Waals surface area contributed by atoms with Crippen LogP contribution in [-0.4, -0.2) is 71.6 Å². The Morgan fingerprint density at radius 3 is 2.53 bits per heavy atom. The average molecular weight is 477 g/mol. The van der Waals surface area contributed by atoms with Gasteiger partial charge >= 0.3 is 12.3 Å². The lowest BCUT2D eigenvalue weighted by Crippen LogP contribution is -2.62. The summed E-state index contributed by atoms with van der Waals surface area (Å²) in [5.41, 5.74) is -0.875. The third-order valence-corrected chi connectivity index (χ3v) is 6.09. The van der Waals surface area contributed by atoms with E-state index in [1.54, 1.807) is 0 Å². The maximum Gasteiger partial charge on any atom is 0.416 e. The number of carbonyl (C=O) groups is 3. The molecule has 2 heterocycles. The van der Waals surface area contributed by atoms with Crippen molar-refractivity contribution in [3.8, 4) is 0 Å². The summed E-state index contributed by atoms with van der Waals surface area (Å²) < 4.78 is 39.3. The number of amides is 3. The molecule has 12 heteroatoms. The van der Waals surface area contributed by atoms with Crippen molar-refractivity contribution in [2.45, 2.75) is 37.5 Å². The van der Waals surface area contributed by atoms with Gasteiger partial charge in [-0.2, -0.15) is 13.2 Å². The van der Waals surface area contributed by atoms with Gasteiger partial charge in [-0.25, -0.2) is 4.79 Å². The highest BCUT2D eigenvalue weighted by atomic mass is 35.5. The molecule has 3 N–H and O–H groups in total. The molecule has 2 aliphatic rings. The fourth-order valence-corrected chi connectivity index (χ4v) is 4.55. The minimum absolute atomic E-state index is 0.0126. The number of rotatable bonds is 4. The minimum atomic E-state index is -4.59. The van der Waals surface area contributed by atoms with E-state index in [1.807, 2.05) is 0 Å². The van der Waals surface area contributed by atoms with Gasteiger partial charge in [-0.05, 0) is 37.5 Å². The average Bonchev–Trinajstić information content (AvgIpc) is 2.73. The summed E-state index contributed by atoms with van der Waals surface area (Å²) in [5, 5.41) is 14.7. The number of hydrogen-bond donors (Lipinski definition) is 3. The molecule has 0 bridgehead atoms. The number of carbonyl (C=O) groups excluding carboxylic acids is 2. The molecule has 0 radical (unpaired) electrons. The van der Waals surface area contributed by atoms with Crippen molar-refractivity contribution in [3.05, 3.63) is 28.8 Å². The van der Waals surface area contributed by atoms with Crippen molar-refractivity contribution in [2.24, 2.45) is 5.92 Å². The fourth-order valence-electron chi connectivity index (χ4n) is 4.31. The molecule has 176 valence electrons. The molecule has 2 aliphatic heterocycles. The summed E-state index contributed by atoms with van der Waals surface area (Å²) in [6.45, 7) is 0.490. The number of carboxylic acid groups (broad SMARTS) is 1. The van der Waals surface area contributed by atoms with Gasteiger partial charge in [0.15, 0.2) is 0 Å². The molecule has 2 saturated heterocycles. The first kappa shape index (κ1) is 24.0. The van der Waals surface area contributed by atoms with Gasteiger partial charge < -0.3 is 25.5 Å². The number of piperidine rings is 2. The van der Waals surface area contributed by atoms with E-state index >= 15 is 0 Å². The van der Waals surface area contributed by atoms with Crippen LogP contribution in [0, 0.1) is 5.92 Å². The van der Waals surface area contributed by atoms with Gasteiger partial charge in [0, 0.05) is 37.4 Å². The Hall–Kier alpha value is -2.69. The molecule has 0 aromatic heterocycles. The summed E-state index contributed by atoms with van der Waals surface area (Å²) in [5.74, 6) is -1.26. The number of benzene rings is 1. The van der Waals surface area contributed by atoms with Gasteiger partial charge in [-0.1, -0.05) is 11.6 Å². The lowest BCUT2D eigenvalue weighted by molar-refractivity contribution is -0.142. The number of hydrogen-bond acceptors (Lipinski definition) is 4. The van der Waals surface area contributed by atoms with Gasteiger partial charge in [0.25, 0.3) is 0 Å². The second-order valence-electron chi connectivity index (χ2n) is 7.90. The monoisotopic (exact) mass is 476 g/mol. The van der Waals surface area contributed by atoms with Crippen LogP contribution in [0.2, 0.25) is 5.02 Å². The third-order valence-electron chi connectivity index (χ3n) is 5.87. The topological polar surface area (TPSA) is 102 Å². The Labute approximate surface area is 187 Å². The number of alkyl halides is 3. The summed E-state index contributed by atoms with van der Waals surface area (Å²) in [6.07, 6.45) is -4.54. The normalized spacial score (nSPS) is 24.3. The second kappa shape index (κ2) is 9.43. The van der Waals surface area contributed by atoms with E-state index in [0.29, 0.717) is 19.4 Å². The van der Waals surface area contributed by atoms with Gasteiger partial charge in [-0.3, -0.25) is 9.59 Å². The number of likely N-dealkylation sites (tertiary alicyclic amines) is 2. The van der Waals surface area contributed by atoms with Gasteiger partial charge in [-0.15, -0.1) is 0 Å². The molecule has 0 spiro atoms. The van der Waals surface area contributed by atoms with Crippen molar-refractivity contribution in [1.82, 2.24) is 15.1 Å². The molecule has 2 fully saturated rings. The number of nitrogens with one attached hydrogen (secondary N) is 2. The zero-order chi connectivity index (χ0) is 23.6. The molecule has 1 aromatic rings. The Kier molecular flexibility index (Phi) is 7.06. The van der Waals surface area contributed by atoms with E-state index in [0.717, 1.165) is 12.1 Å². The molecule has 3 atom stereocenters. The molecule has 1 aromatic carbocycles. The van der Waals surface area contributed by atoms with E-state index in [9.17, 15) is 32.7 Å². The van der Waals surface area contributed by atoms with Crippen LogP contribution < -0.4 is 10.6 Å². The second-order valence-corrected chi connectivity index (χ2v) is 8.34. The minimum Gasteiger partial charge on any atom is -0.465 e. The largest absolute Gasteiger partial charge is 0.465 e. The summed E-state index contributed by atoms with van der Waals surface area (Å²) in [7, 11) is 1.47. The van der Waals surface area contributed by atoms with Crippen LogP contribution in [0.1, 0.15) is 24.8 Å². The lowest BCUT2D eigenvalue weighted by atomic mass is 9.87. The summed E-state index contributed by atoms with van der Waals surface area (Å²) in [6, 6.07) is 1.51. The molecule has 0 saturated carbocycles. The number of halogens is 4. The smallest absolute Gasteiger partial charge is 0.416 e. The first-order valence-electron chi connectivity index (χ1n) is 10.2. The summed E-state index contributed by atoms with van der Waals surface area (Å²) in [4.78, 5) is 39.7. The van der Waals surface area contributed by atoms with Crippen LogP contribution in [0.3, 0.4) is 0 Å². The molecule has 8 nitrogen and oxygen atoms in total.